The van der Waals surface area contributed by atoms with Gasteiger partial charge in [-0.3, -0.25) is 6.08 Å². The molecule has 180 valence electrons. The van der Waals surface area contributed by atoms with Gasteiger partial charge in [0.15, 0.2) is 0 Å². The van der Waals surface area contributed by atoms with Gasteiger partial charge in [0.05, 0.1) is 0 Å². The maximum absolute atomic E-state index is 3.56. The number of hydrogen-bond acceptors (Lipinski definition) is 0. The predicted molar refractivity (Wildman–Crippen MR) is 145 cm³/mol. The largest absolute Gasteiger partial charge is 4.00 e. The minimum atomic E-state index is 0. The predicted octanol–water partition coefficient (Wildman–Crippen LogP) is 2.43. The normalized spacial score (nSPS) is 14.1. The van der Waals surface area contributed by atoms with Crippen molar-refractivity contribution in [1.82, 2.24) is 0 Å². The third-order valence-corrected chi connectivity index (χ3v) is 6.07. The molecule has 36 heavy (non-hydrogen) atoms. The first-order valence-corrected chi connectivity index (χ1v) is 13.6. The summed E-state index contributed by atoms with van der Waals surface area (Å²) >= 11 is 0. The summed E-state index contributed by atoms with van der Waals surface area (Å²) in [5.41, 5.74) is 9.34. The molecule has 2 radical (unpaired) electrons. The van der Waals surface area contributed by atoms with E-state index in [4.69, 9.17) is 0 Å². The van der Waals surface area contributed by atoms with E-state index in [1.54, 1.807) is 0 Å². The third-order valence-electron chi connectivity index (χ3n) is 6.07. The maximum Gasteiger partial charge on any atom is 4.00 e. The fourth-order valence-electron chi connectivity index (χ4n) is 4.54. The van der Waals surface area contributed by atoms with Crippen molar-refractivity contribution in [2.45, 2.75) is 39.3 Å². The van der Waals surface area contributed by atoms with Gasteiger partial charge in [-0.1, -0.05) is 129 Å². The molecule has 2 aliphatic carbocycles. The standard InChI is InChI=1S/C19H13.C11H11.C2H6Si.2ClH.Zr/c1-2-6-14(7-3-1)17-12-16-11-10-15-8-4-5-9-18(15)19(16)13-17;1-8-7-9(2)11-6-4-3-5-10(8)11;1-3-2;;;/h1-11H,13H2;3-6,8H,1-2H3;1-2H3;2*1H;/q2*-1;;;;+4/p-2. The summed E-state index contributed by atoms with van der Waals surface area (Å²) in [6, 6.07) is 32.1. The molecule has 0 fully saturated rings. The summed E-state index contributed by atoms with van der Waals surface area (Å²) in [4.78, 5) is 0. The van der Waals surface area contributed by atoms with E-state index in [0.717, 1.165) is 15.9 Å². The van der Waals surface area contributed by atoms with E-state index >= 15 is 0 Å². The topological polar surface area (TPSA) is 0 Å². The maximum atomic E-state index is 3.56. The molecule has 1 unspecified atom stereocenters. The van der Waals surface area contributed by atoms with Gasteiger partial charge in [0.25, 0.3) is 0 Å². The summed E-state index contributed by atoms with van der Waals surface area (Å²) in [5.74, 6) is 0.492. The van der Waals surface area contributed by atoms with Gasteiger partial charge in [0.1, 0.15) is 0 Å². The van der Waals surface area contributed by atoms with E-state index < -0.39 is 0 Å². The van der Waals surface area contributed by atoms with Crippen molar-refractivity contribution < 1.29 is 51.0 Å². The number of rotatable bonds is 1. The fourth-order valence-corrected chi connectivity index (χ4v) is 4.54. The van der Waals surface area contributed by atoms with Crippen LogP contribution in [0.1, 0.15) is 47.6 Å². The number of allylic oxidation sites excluding steroid dienone is 3. The molecular formula is C32H30Cl2SiZr. The summed E-state index contributed by atoms with van der Waals surface area (Å²) in [6.45, 7) is 8.62. The van der Waals surface area contributed by atoms with Crippen LogP contribution in [0.25, 0.3) is 21.9 Å². The van der Waals surface area contributed by atoms with Crippen LogP contribution in [0.4, 0.5) is 0 Å². The minimum absolute atomic E-state index is 0. The SMILES string of the molecule is CC1=[C-]C(C)c2ccccc21.C[Si]C.[C-]1=C(c2ccccc2)Cc2c1ccc1ccccc21.[Cl-].[Cl-].[Zr+4]. The Balaban J connectivity index is 0.000000330. The molecule has 0 amide bonds. The van der Waals surface area contributed by atoms with E-state index in [0.29, 0.717) is 5.92 Å². The van der Waals surface area contributed by atoms with Crippen LogP contribution >= 0.6 is 0 Å². The summed E-state index contributed by atoms with van der Waals surface area (Å²) in [7, 11) is 1.08. The summed E-state index contributed by atoms with van der Waals surface area (Å²) < 4.78 is 0. The molecule has 2 aliphatic rings. The van der Waals surface area contributed by atoms with Crippen molar-refractivity contribution in [3.05, 3.63) is 131 Å². The molecule has 0 bridgehead atoms. The molecule has 0 aliphatic heterocycles. The van der Waals surface area contributed by atoms with Gasteiger partial charge in [-0.15, -0.1) is 40.5 Å². The molecule has 6 rings (SSSR count). The Labute approximate surface area is 251 Å². The van der Waals surface area contributed by atoms with Gasteiger partial charge in [-0.25, -0.2) is 5.57 Å². The smallest absolute Gasteiger partial charge is 1.00 e. The molecule has 0 heterocycles. The average Bonchev–Trinajstić information content (AvgIpc) is 3.42. The van der Waals surface area contributed by atoms with Crippen molar-refractivity contribution in [3.8, 4) is 0 Å². The van der Waals surface area contributed by atoms with Crippen LogP contribution in [-0.4, -0.2) is 9.52 Å². The van der Waals surface area contributed by atoms with Crippen molar-refractivity contribution in [3.63, 3.8) is 0 Å². The van der Waals surface area contributed by atoms with Crippen molar-refractivity contribution in [1.29, 1.82) is 0 Å². The Kier molecular flexibility index (Phi) is 13.9. The second kappa shape index (κ2) is 15.5. The van der Waals surface area contributed by atoms with Crippen LogP contribution in [0.3, 0.4) is 0 Å². The second-order valence-corrected chi connectivity index (χ2v) is 9.54. The number of benzene rings is 4. The zero-order chi connectivity index (χ0) is 23.2. The molecule has 0 nitrogen and oxygen atoms in total. The molecule has 0 spiro atoms. The van der Waals surface area contributed by atoms with Crippen LogP contribution in [0.15, 0.2) is 91.0 Å². The van der Waals surface area contributed by atoms with Crippen molar-refractivity contribution >= 4 is 31.4 Å². The van der Waals surface area contributed by atoms with Crippen LogP contribution < -0.4 is 24.8 Å². The monoisotopic (exact) mass is 602 g/mol. The van der Waals surface area contributed by atoms with E-state index in [2.05, 4.69) is 130 Å². The molecule has 4 aromatic rings. The molecule has 1 atom stereocenters. The first-order chi connectivity index (χ1) is 16.1. The van der Waals surface area contributed by atoms with Gasteiger partial charge in [0.2, 0.25) is 0 Å². The summed E-state index contributed by atoms with van der Waals surface area (Å²) in [6.07, 6.45) is 7.95. The average molecular weight is 605 g/mol. The Morgan fingerprint density at radius 2 is 1.39 bits per heavy atom. The third kappa shape index (κ3) is 7.42. The van der Waals surface area contributed by atoms with Crippen LogP contribution in [0.2, 0.25) is 13.1 Å². The van der Waals surface area contributed by atoms with E-state index in [-0.39, 0.29) is 51.0 Å². The Morgan fingerprint density at radius 1 is 0.778 bits per heavy atom. The minimum Gasteiger partial charge on any atom is -1.00 e. The first kappa shape index (κ1) is 32.3. The number of hydrogen-bond donors (Lipinski definition) is 0. The van der Waals surface area contributed by atoms with E-state index in [1.165, 1.54) is 49.7 Å². The molecular weight excluding hydrogens is 575 g/mol. The first-order valence-electron chi connectivity index (χ1n) is 11.6. The second-order valence-electron chi connectivity index (χ2n) is 8.54. The van der Waals surface area contributed by atoms with Crippen LogP contribution in [0, 0.1) is 12.2 Å². The van der Waals surface area contributed by atoms with E-state index in [9.17, 15) is 0 Å². The fraction of sp³-hybridized carbons (Fsp3) is 0.188. The molecule has 0 saturated carbocycles. The van der Waals surface area contributed by atoms with Gasteiger partial charge >= 0.3 is 26.2 Å². The van der Waals surface area contributed by atoms with Gasteiger partial charge < -0.3 is 24.8 Å². The Morgan fingerprint density at radius 3 is 2.08 bits per heavy atom. The van der Waals surface area contributed by atoms with Crippen LogP contribution in [-0.2, 0) is 32.6 Å². The number of fused-ring (bicyclic) bond motifs is 4. The van der Waals surface area contributed by atoms with Gasteiger partial charge in [-0.2, -0.15) is 5.56 Å². The quantitative estimate of drug-likeness (QED) is 0.232. The van der Waals surface area contributed by atoms with Crippen LogP contribution in [0.5, 0.6) is 0 Å². The van der Waals surface area contributed by atoms with Crippen molar-refractivity contribution in [2.75, 3.05) is 0 Å². The van der Waals surface area contributed by atoms with Gasteiger partial charge in [-0.05, 0) is 5.39 Å². The van der Waals surface area contributed by atoms with E-state index in [1.807, 2.05) is 0 Å². The molecule has 4 aromatic carbocycles. The molecule has 0 saturated heterocycles. The van der Waals surface area contributed by atoms with Crippen molar-refractivity contribution in [2.24, 2.45) is 0 Å². The Bertz CT molecular complexity index is 1310. The summed E-state index contributed by atoms with van der Waals surface area (Å²) in [5, 5.41) is 2.68. The van der Waals surface area contributed by atoms with Gasteiger partial charge in [0, 0.05) is 9.52 Å². The zero-order valence-corrected chi connectivity index (χ0v) is 26.2. The Hall–Kier alpha value is -1.70. The molecule has 0 aromatic heterocycles. The zero-order valence-electron chi connectivity index (χ0n) is 21.2. The molecule has 0 N–H and O–H groups in total. The molecule has 4 heteroatoms. The number of halogens is 2.